The molecule has 0 aliphatic rings. The average molecular weight is 254 g/mol. The maximum absolute atomic E-state index is 8.93. The van der Waals surface area contributed by atoms with E-state index in [2.05, 4.69) is 11.9 Å². The van der Waals surface area contributed by atoms with E-state index in [4.69, 9.17) is 14.7 Å². The maximum Gasteiger partial charge on any atom is 0.183 e. The molecule has 0 aliphatic carbocycles. The van der Waals surface area contributed by atoms with E-state index in [9.17, 15) is 0 Å². The average Bonchev–Trinajstić information content (AvgIpc) is 2.47. The molecule has 2 aromatic rings. The van der Waals surface area contributed by atoms with Crippen LogP contribution in [0, 0.1) is 11.3 Å². The second-order valence-electron chi connectivity index (χ2n) is 3.88. The van der Waals surface area contributed by atoms with Crippen molar-refractivity contribution >= 4 is 0 Å². The highest BCUT2D eigenvalue weighted by molar-refractivity contribution is 5.41. The Hall–Kier alpha value is -2.54. The highest BCUT2D eigenvalue weighted by atomic mass is 16.5. The lowest BCUT2D eigenvalue weighted by Crippen LogP contribution is -1.95. The molecule has 96 valence electrons. The van der Waals surface area contributed by atoms with Gasteiger partial charge in [0.1, 0.15) is 17.6 Å². The zero-order valence-corrected chi connectivity index (χ0v) is 10.7. The van der Waals surface area contributed by atoms with E-state index in [1.54, 1.807) is 30.5 Å². The Bertz CT molecular complexity index is 573. The molecule has 0 bridgehead atoms. The van der Waals surface area contributed by atoms with Crippen molar-refractivity contribution in [3.63, 3.8) is 0 Å². The van der Waals surface area contributed by atoms with E-state index in [1.165, 1.54) is 0 Å². The molecule has 0 N–H and O–H groups in total. The molecule has 0 aliphatic heterocycles. The van der Waals surface area contributed by atoms with Gasteiger partial charge in [-0.15, -0.1) is 0 Å². The summed E-state index contributed by atoms with van der Waals surface area (Å²) < 4.78 is 11.1. The normalized spacial score (nSPS) is 9.68. The van der Waals surface area contributed by atoms with Crippen LogP contribution in [0.4, 0.5) is 0 Å². The first-order chi connectivity index (χ1) is 9.33. The van der Waals surface area contributed by atoms with Gasteiger partial charge in [-0.05, 0) is 42.8 Å². The molecular weight excluding hydrogens is 240 g/mol. The van der Waals surface area contributed by atoms with Crippen LogP contribution in [0.5, 0.6) is 17.2 Å². The van der Waals surface area contributed by atoms with Crippen LogP contribution in [0.3, 0.4) is 0 Å². The van der Waals surface area contributed by atoms with Crippen LogP contribution in [0.2, 0.25) is 0 Å². The van der Waals surface area contributed by atoms with Crippen molar-refractivity contribution in [2.24, 2.45) is 0 Å². The van der Waals surface area contributed by atoms with Crippen molar-refractivity contribution in [2.75, 3.05) is 6.61 Å². The third-order valence-electron chi connectivity index (χ3n) is 2.40. The van der Waals surface area contributed by atoms with Crippen molar-refractivity contribution in [2.45, 2.75) is 13.3 Å². The van der Waals surface area contributed by atoms with Gasteiger partial charge in [-0.2, -0.15) is 5.26 Å². The summed E-state index contributed by atoms with van der Waals surface area (Å²) in [4.78, 5) is 3.94. The summed E-state index contributed by atoms with van der Waals surface area (Å²) in [7, 11) is 0. The summed E-state index contributed by atoms with van der Waals surface area (Å²) in [6.45, 7) is 2.75. The zero-order chi connectivity index (χ0) is 13.5. The molecule has 0 saturated carbocycles. The van der Waals surface area contributed by atoms with Gasteiger partial charge >= 0.3 is 0 Å². The van der Waals surface area contributed by atoms with Crippen molar-refractivity contribution < 1.29 is 9.47 Å². The number of nitrogens with zero attached hydrogens (tertiary/aromatic N) is 2. The van der Waals surface area contributed by atoms with Gasteiger partial charge in [0.25, 0.3) is 0 Å². The Morgan fingerprint density at radius 2 is 1.89 bits per heavy atom. The van der Waals surface area contributed by atoms with Crippen LogP contribution in [0.25, 0.3) is 0 Å². The Kier molecular flexibility index (Phi) is 4.35. The Morgan fingerprint density at radius 1 is 1.16 bits per heavy atom. The molecule has 19 heavy (non-hydrogen) atoms. The van der Waals surface area contributed by atoms with Crippen molar-refractivity contribution in [3.05, 3.63) is 48.3 Å². The van der Waals surface area contributed by atoms with Crippen LogP contribution in [-0.4, -0.2) is 11.6 Å². The number of ether oxygens (including phenoxy) is 2. The quantitative estimate of drug-likeness (QED) is 0.819. The standard InChI is InChI=1S/C15H14N2O2/c1-2-10-18-12-5-7-13(8-6-12)19-15-4-3-9-17-14(15)11-16/h3-9H,2,10H2,1H3. The topological polar surface area (TPSA) is 55.1 Å². The molecule has 0 spiro atoms. The second kappa shape index (κ2) is 6.41. The minimum atomic E-state index is 0.272. The van der Waals surface area contributed by atoms with Crippen LogP contribution >= 0.6 is 0 Å². The molecule has 1 aromatic carbocycles. The molecule has 0 fully saturated rings. The minimum Gasteiger partial charge on any atom is -0.494 e. The number of pyridine rings is 1. The lowest BCUT2D eigenvalue weighted by molar-refractivity contribution is 0.317. The fourth-order valence-corrected chi connectivity index (χ4v) is 1.51. The molecular formula is C15H14N2O2. The van der Waals surface area contributed by atoms with E-state index >= 15 is 0 Å². The summed E-state index contributed by atoms with van der Waals surface area (Å²) in [5, 5.41) is 8.93. The Balaban J connectivity index is 2.09. The first kappa shape index (κ1) is 12.9. The number of hydrogen-bond acceptors (Lipinski definition) is 4. The van der Waals surface area contributed by atoms with Gasteiger partial charge in [0.15, 0.2) is 11.4 Å². The number of nitriles is 1. The molecule has 0 atom stereocenters. The van der Waals surface area contributed by atoms with Crippen molar-refractivity contribution in [1.82, 2.24) is 4.98 Å². The molecule has 1 heterocycles. The summed E-state index contributed by atoms with van der Waals surface area (Å²) in [5.41, 5.74) is 0.272. The van der Waals surface area contributed by atoms with E-state index < -0.39 is 0 Å². The van der Waals surface area contributed by atoms with Gasteiger partial charge in [-0.1, -0.05) is 6.92 Å². The molecule has 4 nitrogen and oxygen atoms in total. The monoisotopic (exact) mass is 254 g/mol. The number of benzene rings is 1. The van der Waals surface area contributed by atoms with Crippen molar-refractivity contribution in [3.8, 4) is 23.3 Å². The largest absolute Gasteiger partial charge is 0.494 e. The summed E-state index contributed by atoms with van der Waals surface area (Å²) in [6, 6.07) is 12.7. The lowest BCUT2D eigenvalue weighted by atomic mass is 10.3. The van der Waals surface area contributed by atoms with Crippen LogP contribution < -0.4 is 9.47 Å². The first-order valence-electron chi connectivity index (χ1n) is 6.09. The van der Waals surface area contributed by atoms with Gasteiger partial charge in [0.2, 0.25) is 0 Å². The Labute approximate surface area is 112 Å². The molecule has 0 amide bonds. The molecule has 2 rings (SSSR count). The lowest BCUT2D eigenvalue weighted by Gasteiger charge is -2.08. The fraction of sp³-hybridized carbons (Fsp3) is 0.200. The molecule has 0 radical (unpaired) electrons. The van der Waals surface area contributed by atoms with Gasteiger partial charge in [0.05, 0.1) is 6.61 Å². The fourth-order valence-electron chi connectivity index (χ4n) is 1.51. The predicted octanol–water partition coefficient (Wildman–Crippen LogP) is 3.53. The van der Waals surface area contributed by atoms with Gasteiger partial charge < -0.3 is 9.47 Å². The van der Waals surface area contributed by atoms with Gasteiger partial charge in [-0.25, -0.2) is 4.98 Å². The smallest absolute Gasteiger partial charge is 0.183 e. The van der Waals surface area contributed by atoms with Gasteiger partial charge in [-0.3, -0.25) is 0 Å². The van der Waals surface area contributed by atoms with Gasteiger partial charge in [0, 0.05) is 6.20 Å². The SMILES string of the molecule is CCCOc1ccc(Oc2cccnc2C#N)cc1. The Morgan fingerprint density at radius 3 is 2.58 bits per heavy atom. The molecule has 0 saturated heterocycles. The van der Waals surface area contributed by atoms with Crippen LogP contribution in [-0.2, 0) is 0 Å². The van der Waals surface area contributed by atoms with Crippen LogP contribution in [0.15, 0.2) is 42.6 Å². The summed E-state index contributed by atoms with van der Waals surface area (Å²) >= 11 is 0. The first-order valence-corrected chi connectivity index (χ1v) is 6.09. The number of hydrogen-bond donors (Lipinski definition) is 0. The number of rotatable bonds is 5. The third kappa shape index (κ3) is 3.46. The molecule has 0 unspecified atom stereocenters. The highest BCUT2D eigenvalue weighted by Gasteiger charge is 2.04. The van der Waals surface area contributed by atoms with E-state index in [0.29, 0.717) is 18.1 Å². The van der Waals surface area contributed by atoms with E-state index in [0.717, 1.165) is 12.2 Å². The third-order valence-corrected chi connectivity index (χ3v) is 2.40. The summed E-state index contributed by atoms with van der Waals surface area (Å²) in [5.74, 6) is 1.90. The molecule has 1 aromatic heterocycles. The van der Waals surface area contributed by atoms with E-state index in [1.807, 2.05) is 18.2 Å². The molecule has 4 heteroatoms. The summed E-state index contributed by atoms with van der Waals surface area (Å²) in [6.07, 6.45) is 2.53. The highest BCUT2D eigenvalue weighted by Crippen LogP contribution is 2.25. The van der Waals surface area contributed by atoms with Crippen LogP contribution in [0.1, 0.15) is 19.0 Å². The van der Waals surface area contributed by atoms with E-state index in [-0.39, 0.29) is 5.69 Å². The predicted molar refractivity (Wildman–Crippen MR) is 71.3 cm³/mol. The maximum atomic E-state index is 8.93. The zero-order valence-electron chi connectivity index (χ0n) is 10.7. The minimum absolute atomic E-state index is 0.272. The second-order valence-corrected chi connectivity index (χ2v) is 3.88. The van der Waals surface area contributed by atoms with Crippen molar-refractivity contribution in [1.29, 1.82) is 5.26 Å². The number of aromatic nitrogens is 1.